The van der Waals surface area contributed by atoms with E-state index in [0.29, 0.717) is 6.61 Å². The molecule has 112 valence electrons. The average Bonchev–Trinajstić information content (AvgIpc) is 2.51. The average molecular weight is 284 g/mol. The van der Waals surface area contributed by atoms with Crippen LogP contribution in [0.4, 0.5) is 0 Å². The van der Waals surface area contributed by atoms with E-state index in [1.165, 1.54) is 36.0 Å². The van der Waals surface area contributed by atoms with Gasteiger partial charge in [-0.15, -0.1) is 0 Å². The second-order valence-electron chi connectivity index (χ2n) is 5.98. The number of ether oxygens (including phenoxy) is 2. The van der Waals surface area contributed by atoms with Gasteiger partial charge in [0.15, 0.2) is 0 Å². The molecule has 1 aromatic carbocycles. The lowest BCUT2D eigenvalue weighted by atomic mass is 9.86. The fourth-order valence-corrected chi connectivity index (χ4v) is 3.11. The molecule has 2 aliphatic rings. The Morgan fingerprint density at radius 3 is 2.86 bits per heavy atom. The van der Waals surface area contributed by atoms with Crippen molar-refractivity contribution in [2.45, 2.75) is 32.3 Å². The summed E-state index contributed by atoms with van der Waals surface area (Å²) in [6, 6.07) is 10.4. The van der Waals surface area contributed by atoms with Crippen molar-refractivity contribution in [1.29, 1.82) is 0 Å². The van der Waals surface area contributed by atoms with E-state index in [9.17, 15) is 0 Å². The van der Waals surface area contributed by atoms with Crippen LogP contribution in [-0.4, -0.2) is 19.8 Å². The minimum absolute atomic E-state index is 0.695. The van der Waals surface area contributed by atoms with Gasteiger partial charge < -0.3 is 9.47 Å². The Balaban J connectivity index is 1.55. The SMILES string of the molecule is C1=C(/COCc2ccccc2)CCC[C@@H]2CCOC/C2=C/1. The summed E-state index contributed by atoms with van der Waals surface area (Å²) >= 11 is 0. The molecule has 0 aromatic heterocycles. The van der Waals surface area contributed by atoms with E-state index in [2.05, 4.69) is 36.4 Å². The summed E-state index contributed by atoms with van der Waals surface area (Å²) in [6.45, 7) is 3.18. The number of allylic oxidation sites excluding steroid dienone is 2. The second kappa shape index (κ2) is 7.58. The van der Waals surface area contributed by atoms with Crippen LogP contribution in [0.5, 0.6) is 0 Å². The fraction of sp³-hybridized carbons (Fsp3) is 0.474. The maximum Gasteiger partial charge on any atom is 0.0721 e. The van der Waals surface area contributed by atoms with E-state index in [1.807, 2.05) is 6.07 Å². The zero-order valence-electron chi connectivity index (χ0n) is 12.6. The molecule has 0 N–H and O–H groups in total. The van der Waals surface area contributed by atoms with Crippen LogP contribution in [0.25, 0.3) is 0 Å². The van der Waals surface area contributed by atoms with Crippen molar-refractivity contribution in [2.24, 2.45) is 5.92 Å². The molecule has 1 aromatic rings. The molecule has 2 nitrogen and oxygen atoms in total. The molecular weight excluding hydrogens is 260 g/mol. The molecule has 3 rings (SSSR count). The minimum Gasteiger partial charge on any atom is -0.377 e. The normalized spacial score (nSPS) is 27.5. The van der Waals surface area contributed by atoms with Crippen LogP contribution in [0.2, 0.25) is 0 Å². The van der Waals surface area contributed by atoms with Crippen LogP contribution < -0.4 is 0 Å². The smallest absolute Gasteiger partial charge is 0.0721 e. The topological polar surface area (TPSA) is 18.5 Å². The zero-order chi connectivity index (χ0) is 14.3. The standard InChI is InChI=1S/C19H24O2/c1-2-5-16(6-3-1)13-21-14-17-7-4-8-18-11-12-20-15-19(18)10-9-17/h1-3,5-6,9-10,18H,4,7-8,11-15H2/b17-9+,19-10-/t18-/m1/s1. The Morgan fingerprint density at radius 1 is 1.05 bits per heavy atom. The second-order valence-corrected chi connectivity index (χ2v) is 5.98. The van der Waals surface area contributed by atoms with Gasteiger partial charge in [-0.2, -0.15) is 0 Å². The van der Waals surface area contributed by atoms with Crippen molar-refractivity contribution in [3.63, 3.8) is 0 Å². The van der Waals surface area contributed by atoms with Crippen LogP contribution in [0.3, 0.4) is 0 Å². The van der Waals surface area contributed by atoms with Crippen molar-refractivity contribution in [3.8, 4) is 0 Å². The lowest BCUT2D eigenvalue weighted by Crippen LogP contribution is -2.20. The molecular formula is C19H24O2. The highest BCUT2D eigenvalue weighted by Gasteiger charge is 2.19. The maximum atomic E-state index is 5.86. The molecule has 1 heterocycles. The molecule has 1 atom stereocenters. The molecule has 0 saturated carbocycles. The Hall–Kier alpha value is -1.38. The summed E-state index contributed by atoms with van der Waals surface area (Å²) in [4.78, 5) is 0. The first-order chi connectivity index (χ1) is 10.4. The van der Waals surface area contributed by atoms with Gasteiger partial charge in [-0.1, -0.05) is 42.5 Å². The quantitative estimate of drug-likeness (QED) is 0.821. The molecule has 0 bridgehead atoms. The third kappa shape index (κ3) is 4.29. The van der Waals surface area contributed by atoms with E-state index < -0.39 is 0 Å². The van der Waals surface area contributed by atoms with Gasteiger partial charge in [-0.05, 0) is 48.3 Å². The Labute approximate surface area is 127 Å². The first-order valence-corrected chi connectivity index (χ1v) is 8.00. The summed E-state index contributed by atoms with van der Waals surface area (Å²) in [7, 11) is 0. The van der Waals surface area contributed by atoms with Gasteiger partial charge in [0.2, 0.25) is 0 Å². The Kier molecular flexibility index (Phi) is 5.25. The van der Waals surface area contributed by atoms with Gasteiger partial charge in [0.1, 0.15) is 0 Å². The van der Waals surface area contributed by atoms with Gasteiger partial charge >= 0.3 is 0 Å². The van der Waals surface area contributed by atoms with Crippen LogP contribution in [0.15, 0.2) is 53.6 Å². The highest BCUT2D eigenvalue weighted by atomic mass is 16.5. The number of hydrogen-bond donors (Lipinski definition) is 0. The highest BCUT2D eigenvalue weighted by molar-refractivity contribution is 5.23. The lowest BCUT2D eigenvalue weighted by molar-refractivity contribution is 0.104. The van der Waals surface area contributed by atoms with Gasteiger partial charge in [-0.25, -0.2) is 0 Å². The largest absolute Gasteiger partial charge is 0.377 e. The summed E-state index contributed by atoms with van der Waals surface area (Å²) in [5.41, 5.74) is 4.12. The number of benzene rings is 1. The van der Waals surface area contributed by atoms with Crippen LogP contribution in [-0.2, 0) is 16.1 Å². The van der Waals surface area contributed by atoms with E-state index in [-0.39, 0.29) is 0 Å². The van der Waals surface area contributed by atoms with Crippen LogP contribution >= 0.6 is 0 Å². The predicted molar refractivity (Wildman–Crippen MR) is 85.0 cm³/mol. The zero-order valence-corrected chi connectivity index (χ0v) is 12.6. The molecule has 1 fully saturated rings. The van der Waals surface area contributed by atoms with Crippen LogP contribution in [0, 0.1) is 5.92 Å². The van der Waals surface area contributed by atoms with E-state index in [0.717, 1.165) is 32.2 Å². The van der Waals surface area contributed by atoms with Crippen molar-refractivity contribution < 1.29 is 9.47 Å². The highest BCUT2D eigenvalue weighted by Crippen LogP contribution is 2.29. The van der Waals surface area contributed by atoms with Crippen molar-refractivity contribution in [3.05, 3.63) is 59.2 Å². The molecule has 2 heteroatoms. The Bertz CT molecular complexity index is 502. The molecule has 0 spiro atoms. The van der Waals surface area contributed by atoms with Gasteiger partial charge in [0.25, 0.3) is 0 Å². The first kappa shape index (κ1) is 14.6. The van der Waals surface area contributed by atoms with Crippen molar-refractivity contribution in [2.75, 3.05) is 19.8 Å². The number of rotatable bonds is 4. The van der Waals surface area contributed by atoms with Gasteiger partial charge in [-0.3, -0.25) is 0 Å². The molecule has 1 aliphatic heterocycles. The summed E-state index contributed by atoms with van der Waals surface area (Å²) in [5, 5.41) is 0. The molecule has 0 radical (unpaired) electrons. The molecule has 1 saturated heterocycles. The van der Waals surface area contributed by atoms with Crippen molar-refractivity contribution >= 4 is 0 Å². The summed E-state index contributed by atoms with van der Waals surface area (Å²) in [6.07, 6.45) is 9.47. The number of hydrogen-bond acceptors (Lipinski definition) is 2. The Morgan fingerprint density at radius 2 is 1.95 bits per heavy atom. The van der Waals surface area contributed by atoms with E-state index in [4.69, 9.17) is 9.47 Å². The molecule has 1 aliphatic carbocycles. The summed E-state index contributed by atoms with van der Waals surface area (Å²) < 4.78 is 11.4. The fourth-order valence-electron chi connectivity index (χ4n) is 3.11. The van der Waals surface area contributed by atoms with Gasteiger partial charge in [0.05, 0.1) is 19.8 Å². The van der Waals surface area contributed by atoms with Crippen LogP contribution in [0.1, 0.15) is 31.2 Å². The lowest BCUT2D eigenvalue weighted by Gasteiger charge is -2.27. The van der Waals surface area contributed by atoms with E-state index in [1.54, 1.807) is 0 Å². The molecule has 21 heavy (non-hydrogen) atoms. The maximum absolute atomic E-state index is 5.86. The third-order valence-corrected chi connectivity index (χ3v) is 4.39. The monoisotopic (exact) mass is 284 g/mol. The summed E-state index contributed by atoms with van der Waals surface area (Å²) in [5.74, 6) is 0.752. The molecule has 0 amide bonds. The number of fused-ring (bicyclic) bond motifs is 1. The van der Waals surface area contributed by atoms with Gasteiger partial charge in [0, 0.05) is 6.61 Å². The van der Waals surface area contributed by atoms with Crippen molar-refractivity contribution in [1.82, 2.24) is 0 Å². The minimum atomic E-state index is 0.695. The third-order valence-electron chi connectivity index (χ3n) is 4.39. The van der Waals surface area contributed by atoms with E-state index >= 15 is 0 Å². The molecule has 0 unspecified atom stereocenters. The first-order valence-electron chi connectivity index (χ1n) is 8.00. The predicted octanol–water partition coefficient (Wildman–Crippen LogP) is 4.28.